The number of ether oxygens (including phenoxy) is 4. The van der Waals surface area contributed by atoms with E-state index < -0.39 is 0 Å². The zero-order valence-corrected chi connectivity index (χ0v) is 14.7. The molecular formula is C20H17N2O4+. The number of hydrogen-bond donors (Lipinski definition) is 0. The number of aromatic nitrogens is 2. The van der Waals surface area contributed by atoms with Gasteiger partial charge in [-0.3, -0.25) is 0 Å². The molecule has 130 valence electrons. The van der Waals surface area contributed by atoms with Gasteiger partial charge in [0.05, 0.1) is 19.6 Å². The van der Waals surface area contributed by atoms with Gasteiger partial charge in [0.25, 0.3) is 0 Å². The number of hydrogen-bond acceptors (Lipinski definition) is 5. The minimum atomic E-state index is 0.255. The number of rotatable bonds is 2. The Balaban J connectivity index is 1.93. The van der Waals surface area contributed by atoms with E-state index >= 15 is 0 Å². The summed E-state index contributed by atoms with van der Waals surface area (Å²) < 4.78 is 24.1. The Morgan fingerprint density at radius 1 is 0.923 bits per heavy atom. The summed E-state index contributed by atoms with van der Waals surface area (Å²) in [5.74, 6) is 3.75. The van der Waals surface area contributed by atoms with Gasteiger partial charge in [-0.05, 0) is 29.2 Å². The van der Waals surface area contributed by atoms with Crippen LogP contribution < -0.4 is 23.3 Å². The molecule has 3 heterocycles. The summed E-state index contributed by atoms with van der Waals surface area (Å²) in [6, 6.07) is 12.1. The molecule has 1 aliphatic heterocycles. The van der Waals surface area contributed by atoms with E-state index in [1.807, 2.05) is 31.2 Å². The number of pyridine rings is 1. The molecule has 1 aliphatic rings. The molecule has 4 aromatic rings. The maximum atomic E-state index is 5.56. The molecule has 0 amide bonds. The smallest absolute Gasteiger partial charge is 0.301 e. The summed E-state index contributed by atoms with van der Waals surface area (Å²) in [5.41, 5.74) is 2.92. The summed E-state index contributed by atoms with van der Waals surface area (Å²) in [4.78, 5) is 4.79. The summed E-state index contributed by atoms with van der Waals surface area (Å²) in [5, 5.41) is 2.06. The van der Waals surface area contributed by atoms with E-state index in [9.17, 15) is 0 Å². The normalized spacial score (nSPS) is 12.9. The average Bonchev–Trinajstić information content (AvgIpc) is 3.12. The average molecular weight is 349 g/mol. The van der Waals surface area contributed by atoms with E-state index in [2.05, 4.69) is 16.5 Å². The van der Waals surface area contributed by atoms with Crippen molar-refractivity contribution in [3.8, 4) is 23.0 Å². The van der Waals surface area contributed by atoms with Gasteiger partial charge >= 0.3 is 5.82 Å². The van der Waals surface area contributed by atoms with Gasteiger partial charge in [0.1, 0.15) is 11.0 Å². The van der Waals surface area contributed by atoms with Crippen LogP contribution in [-0.2, 0) is 0 Å². The van der Waals surface area contributed by atoms with Crippen LogP contribution in [0.5, 0.6) is 23.0 Å². The third kappa shape index (κ3) is 1.98. The molecule has 6 heteroatoms. The Morgan fingerprint density at radius 2 is 1.65 bits per heavy atom. The fourth-order valence-electron chi connectivity index (χ4n) is 3.60. The van der Waals surface area contributed by atoms with Gasteiger partial charge in [0, 0.05) is 24.4 Å². The van der Waals surface area contributed by atoms with Crippen LogP contribution in [0.1, 0.15) is 5.82 Å². The van der Waals surface area contributed by atoms with Crippen LogP contribution in [0.25, 0.3) is 27.3 Å². The van der Waals surface area contributed by atoms with Crippen LogP contribution in [0, 0.1) is 6.92 Å². The van der Waals surface area contributed by atoms with Crippen molar-refractivity contribution in [2.75, 3.05) is 21.0 Å². The summed E-state index contributed by atoms with van der Waals surface area (Å²) >= 11 is 0. The van der Waals surface area contributed by atoms with E-state index in [1.165, 1.54) is 0 Å². The molecule has 0 bridgehead atoms. The largest absolute Gasteiger partial charge is 0.493 e. The van der Waals surface area contributed by atoms with Gasteiger partial charge in [-0.15, -0.1) is 0 Å². The standard InChI is InChI=1S/C20H17N2O4/c1-11-21-14-8-18(24-3)17(23-2)7-13(14)15-5-4-12-6-19-20(26-10-25-19)9-16(12)22(11)15/h4-9H,10H2,1-3H3/q+1. The van der Waals surface area contributed by atoms with Crippen molar-refractivity contribution < 1.29 is 23.3 Å². The summed E-state index contributed by atoms with van der Waals surface area (Å²) in [6.07, 6.45) is 0. The van der Waals surface area contributed by atoms with E-state index in [4.69, 9.17) is 23.9 Å². The third-order valence-corrected chi connectivity index (χ3v) is 4.81. The van der Waals surface area contributed by atoms with Gasteiger partial charge in [-0.25, -0.2) is 0 Å². The molecule has 0 atom stereocenters. The Morgan fingerprint density at radius 3 is 2.42 bits per heavy atom. The van der Waals surface area contributed by atoms with E-state index in [0.29, 0.717) is 11.5 Å². The Kier molecular flexibility index (Phi) is 3.09. The quantitative estimate of drug-likeness (QED) is 0.411. The van der Waals surface area contributed by atoms with Crippen molar-refractivity contribution in [1.82, 2.24) is 4.98 Å². The molecule has 5 rings (SSSR count). The highest BCUT2D eigenvalue weighted by atomic mass is 16.7. The van der Waals surface area contributed by atoms with Crippen LogP contribution in [-0.4, -0.2) is 26.0 Å². The predicted octanol–water partition coefficient (Wildman–Crippen LogP) is 3.18. The van der Waals surface area contributed by atoms with E-state index in [1.54, 1.807) is 14.2 Å². The second kappa shape index (κ2) is 5.36. The molecule has 2 aromatic carbocycles. The second-order valence-electron chi connectivity index (χ2n) is 6.20. The van der Waals surface area contributed by atoms with Crippen LogP contribution in [0.4, 0.5) is 0 Å². The van der Waals surface area contributed by atoms with Gasteiger partial charge < -0.3 is 18.9 Å². The molecule has 6 nitrogen and oxygen atoms in total. The Bertz CT molecular complexity index is 1200. The monoisotopic (exact) mass is 349 g/mol. The Labute approximate surface area is 149 Å². The summed E-state index contributed by atoms with van der Waals surface area (Å²) in [7, 11) is 3.26. The first-order valence-electron chi connectivity index (χ1n) is 8.30. The van der Waals surface area contributed by atoms with Crippen molar-refractivity contribution in [3.05, 3.63) is 42.2 Å². The topological polar surface area (TPSA) is 53.9 Å². The second-order valence-corrected chi connectivity index (χ2v) is 6.20. The van der Waals surface area contributed by atoms with Crippen LogP contribution in [0.15, 0.2) is 36.4 Å². The highest BCUT2D eigenvalue weighted by Gasteiger charge is 2.22. The predicted molar refractivity (Wildman–Crippen MR) is 96.4 cm³/mol. The number of methoxy groups -OCH3 is 2. The van der Waals surface area contributed by atoms with Crippen molar-refractivity contribution in [3.63, 3.8) is 0 Å². The first-order chi connectivity index (χ1) is 12.7. The van der Waals surface area contributed by atoms with Crippen LogP contribution in [0.3, 0.4) is 0 Å². The lowest BCUT2D eigenvalue weighted by atomic mass is 10.1. The van der Waals surface area contributed by atoms with Gasteiger partial charge in [0.15, 0.2) is 28.5 Å². The maximum absolute atomic E-state index is 5.56. The Hall–Kier alpha value is -3.28. The van der Waals surface area contributed by atoms with Crippen molar-refractivity contribution in [1.29, 1.82) is 0 Å². The lowest BCUT2D eigenvalue weighted by molar-refractivity contribution is -0.492. The highest BCUT2D eigenvalue weighted by molar-refractivity contribution is 5.95. The molecule has 0 saturated heterocycles. The first kappa shape index (κ1) is 15.0. The third-order valence-electron chi connectivity index (χ3n) is 4.81. The fraction of sp³-hybridized carbons (Fsp3) is 0.200. The summed E-state index contributed by atoms with van der Waals surface area (Å²) in [6.45, 7) is 2.25. The fourth-order valence-corrected chi connectivity index (χ4v) is 3.60. The van der Waals surface area contributed by atoms with Gasteiger partial charge in [0.2, 0.25) is 6.79 Å². The van der Waals surface area contributed by atoms with Crippen LogP contribution in [0.2, 0.25) is 0 Å². The lowest BCUT2D eigenvalue weighted by Gasteiger charge is -2.09. The SMILES string of the molecule is COc1cc2nc(C)[n+]3c4cc5c(cc4ccc3c2cc1OC)OCO5. The molecule has 0 saturated carbocycles. The lowest BCUT2D eigenvalue weighted by Crippen LogP contribution is -2.28. The minimum Gasteiger partial charge on any atom is -0.493 e. The molecule has 26 heavy (non-hydrogen) atoms. The minimum absolute atomic E-state index is 0.255. The highest BCUT2D eigenvalue weighted by Crippen LogP contribution is 2.36. The number of fused-ring (bicyclic) bond motifs is 6. The number of benzene rings is 2. The van der Waals surface area contributed by atoms with Gasteiger partial charge in [-0.2, -0.15) is 4.40 Å². The van der Waals surface area contributed by atoms with Crippen molar-refractivity contribution >= 4 is 27.3 Å². The van der Waals surface area contributed by atoms with Crippen molar-refractivity contribution in [2.45, 2.75) is 6.92 Å². The number of nitrogens with zero attached hydrogens (tertiary/aromatic N) is 2. The molecule has 0 unspecified atom stereocenters. The van der Waals surface area contributed by atoms with Gasteiger partial charge in [-0.1, -0.05) is 0 Å². The van der Waals surface area contributed by atoms with Crippen molar-refractivity contribution in [2.24, 2.45) is 0 Å². The molecular weight excluding hydrogens is 332 g/mol. The van der Waals surface area contributed by atoms with Crippen LogP contribution >= 0.6 is 0 Å². The molecule has 2 aromatic heterocycles. The maximum Gasteiger partial charge on any atom is 0.301 e. The first-order valence-corrected chi connectivity index (χ1v) is 8.30. The zero-order valence-electron chi connectivity index (χ0n) is 14.7. The van der Waals surface area contributed by atoms with E-state index in [0.717, 1.165) is 44.6 Å². The molecule has 0 N–H and O–H groups in total. The number of aryl methyl sites for hydroxylation is 1. The molecule has 0 radical (unpaired) electrons. The zero-order chi connectivity index (χ0) is 17.8. The van der Waals surface area contributed by atoms with E-state index in [-0.39, 0.29) is 6.79 Å². The molecule has 0 fully saturated rings. The molecule has 0 spiro atoms. The molecule has 0 aliphatic carbocycles.